The molecular formula is C9H10N+. The molecule has 0 aliphatic heterocycles. The molecule has 0 heterocycles. The maximum absolute atomic E-state index is 5.35. The minimum Gasteiger partial charge on any atom is -0.260 e. The molecule has 1 nitrogen and oxygen atoms in total. The molecule has 0 aliphatic rings. The third-order valence-electron chi connectivity index (χ3n) is 1.40. The summed E-state index contributed by atoms with van der Waals surface area (Å²) < 4.78 is 0. The fourth-order valence-electron chi connectivity index (χ4n) is 0.849. The lowest BCUT2D eigenvalue weighted by Crippen LogP contribution is -2.30. The molecule has 0 amide bonds. The van der Waals surface area contributed by atoms with Crippen molar-refractivity contribution in [3.8, 4) is 0 Å². The van der Waals surface area contributed by atoms with Crippen LogP contribution in [0.3, 0.4) is 0 Å². The largest absolute Gasteiger partial charge is 0.260 e. The standard InChI is InChI=1S/C9H9N/c1-2-8-5-3-4-6-9(8)7-10/h2-7,10H,1H2/p+1. The monoisotopic (exact) mass is 132 g/mol. The maximum Gasteiger partial charge on any atom is 0.168 e. The van der Waals surface area contributed by atoms with Crippen LogP contribution in [-0.4, -0.2) is 6.21 Å². The molecular weight excluding hydrogens is 122 g/mol. The van der Waals surface area contributed by atoms with E-state index < -0.39 is 0 Å². The highest BCUT2D eigenvalue weighted by molar-refractivity contribution is 5.81. The zero-order valence-electron chi connectivity index (χ0n) is 5.75. The minimum absolute atomic E-state index is 1.03. The molecule has 0 bridgehead atoms. The second-order valence-corrected chi connectivity index (χ2v) is 2.00. The fraction of sp³-hybridized carbons (Fsp3) is 0. The third kappa shape index (κ3) is 1.13. The predicted molar refractivity (Wildman–Crippen MR) is 43.6 cm³/mol. The molecule has 10 heavy (non-hydrogen) atoms. The zero-order valence-corrected chi connectivity index (χ0v) is 5.75. The van der Waals surface area contributed by atoms with Crippen molar-refractivity contribution in [2.24, 2.45) is 0 Å². The van der Waals surface area contributed by atoms with E-state index in [-0.39, 0.29) is 0 Å². The van der Waals surface area contributed by atoms with Crippen LogP contribution in [0.4, 0.5) is 0 Å². The molecule has 1 aromatic carbocycles. The molecule has 0 atom stereocenters. The second-order valence-electron chi connectivity index (χ2n) is 2.00. The molecule has 2 N–H and O–H groups in total. The van der Waals surface area contributed by atoms with Gasteiger partial charge in [0.1, 0.15) is 0 Å². The van der Waals surface area contributed by atoms with Crippen LogP contribution < -0.4 is 5.41 Å². The highest BCUT2D eigenvalue weighted by atomic mass is 14.3. The van der Waals surface area contributed by atoms with Crippen LogP contribution in [0, 0.1) is 0 Å². The Hall–Kier alpha value is -1.37. The summed E-state index contributed by atoms with van der Waals surface area (Å²) >= 11 is 0. The third-order valence-corrected chi connectivity index (χ3v) is 1.40. The molecule has 0 aliphatic carbocycles. The van der Waals surface area contributed by atoms with Crippen molar-refractivity contribution in [2.45, 2.75) is 0 Å². The number of hydrogen-bond donors (Lipinski definition) is 1. The van der Waals surface area contributed by atoms with Gasteiger partial charge in [0.2, 0.25) is 0 Å². The first kappa shape index (κ1) is 6.75. The van der Waals surface area contributed by atoms with Crippen molar-refractivity contribution in [1.82, 2.24) is 0 Å². The minimum atomic E-state index is 1.03. The smallest absolute Gasteiger partial charge is 0.168 e. The second kappa shape index (κ2) is 2.97. The maximum atomic E-state index is 5.35. The number of rotatable bonds is 2. The molecule has 0 saturated carbocycles. The molecule has 0 unspecified atom stereocenters. The van der Waals surface area contributed by atoms with Crippen molar-refractivity contribution in [1.29, 1.82) is 0 Å². The van der Waals surface area contributed by atoms with E-state index >= 15 is 0 Å². The quantitative estimate of drug-likeness (QED) is 0.567. The Kier molecular flexibility index (Phi) is 2.00. The Morgan fingerprint density at radius 3 is 2.20 bits per heavy atom. The Morgan fingerprint density at radius 2 is 1.80 bits per heavy atom. The number of hydrogen-bond acceptors (Lipinski definition) is 0. The first-order chi connectivity index (χ1) is 4.88. The van der Waals surface area contributed by atoms with E-state index in [1.807, 2.05) is 24.3 Å². The molecule has 0 radical (unpaired) electrons. The van der Waals surface area contributed by atoms with E-state index in [0.29, 0.717) is 0 Å². The van der Waals surface area contributed by atoms with Gasteiger partial charge in [-0.15, -0.1) is 0 Å². The van der Waals surface area contributed by atoms with Gasteiger partial charge < -0.3 is 0 Å². The average Bonchev–Trinajstić information content (AvgIpc) is 2.04. The van der Waals surface area contributed by atoms with Crippen molar-refractivity contribution < 1.29 is 5.41 Å². The van der Waals surface area contributed by atoms with Crippen LogP contribution in [0.25, 0.3) is 6.08 Å². The summed E-state index contributed by atoms with van der Waals surface area (Å²) in [6, 6.07) is 7.85. The highest BCUT2D eigenvalue weighted by Crippen LogP contribution is 2.05. The van der Waals surface area contributed by atoms with E-state index in [2.05, 4.69) is 6.58 Å². The first-order valence-corrected chi connectivity index (χ1v) is 3.15. The molecule has 50 valence electrons. The Balaban J connectivity index is 3.20. The average molecular weight is 132 g/mol. The van der Waals surface area contributed by atoms with E-state index in [1.54, 1.807) is 12.3 Å². The molecule has 0 fully saturated rings. The van der Waals surface area contributed by atoms with Crippen molar-refractivity contribution in [2.75, 3.05) is 0 Å². The lowest BCUT2D eigenvalue weighted by atomic mass is 10.1. The molecule has 1 rings (SSSR count). The van der Waals surface area contributed by atoms with Crippen molar-refractivity contribution >= 4 is 12.3 Å². The lowest BCUT2D eigenvalue weighted by Gasteiger charge is -1.93. The summed E-state index contributed by atoms with van der Waals surface area (Å²) in [4.78, 5) is 0. The summed E-state index contributed by atoms with van der Waals surface area (Å²) in [5, 5.41) is 5.35. The van der Waals surface area contributed by atoms with Crippen LogP contribution in [0.15, 0.2) is 30.8 Å². The van der Waals surface area contributed by atoms with E-state index in [4.69, 9.17) is 5.41 Å². The van der Waals surface area contributed by atoms with Gasteiger partial charge in [0.25, 0.3) is 0 Å². The van der Waals surface area contributed by atoms with Gasteiger partial charge in [-0.1, -0.05) is 30.9 Å². The van der Waals surface area contributed by atoms with Gasteiger partial charge in [0.05, 0.1) is 0 Å². The Morgan fingerprint density at radius 1 is 1.20 bits per heavy atom. The summed E-state index contributed by atoms with van der Waals surface area (Å²) in [6.07, 6.45) is 3.37. The van der Waals surface area contributed by atoms with Crippen LogP contribution in [0.1, 0.15) is 11.1 Å². The van der Waals surface area contributed by atoms with Crippen LogP contribution >= 0.6 is 0 Å². The fourth-order valence-corrected chi connectivity index (χ4v) is 0.849. The van der Waals surface area contributed by atoms with E-state index in [9.17, 15) is 0 Å². The van der Waals surface area contributed by atoms with Gasteiger partial charge in [-0.25, -0.2) is 0 Å². The van der Waals surface area contributed by atoms with Crippen LogP contribution in [0.5, 0.6) is 0 Å². The summed E-state index contributed by atoms with van der Waals surface area (Å²) in [5.74, 6) is 0. The van der Waals surface area contributed by atoms with Crippen molar-refractivity contribution in [3.63, 3.8) is 0 Å². The number of benzene rings is 1. The van der Waals surface area contributed by atoms with Gasteiger partial charge >= 0.3 is 0 Å². The summed E-state index contributed by atoms with van der Waals surface area (Å²) in [7, 11) is 0. The normalized spacial score (nSPS) is 8.80. The van der Waals surface area contributed by atoms with Crippen LogP contribution in [0.2, 0.25) is 0 Å². The molecule has 0 spiro atoms. The predicted octanol–water partition coefficient (Wildman–Crippen LogP) is 0.508. The topological polar surface area (TPSA) is 25.6 Å². The van der Waals surface area contributed by atoms with E-state index in [1.165, 1.54) is 0 Å². The first-order valence-electron chi connectivity index (χ1n) is 3.15. The van der Waals surface area contributed by atoms with E-state index in [0.717, 1.165) is 11.1 Å². The lowest BCUT2D eigenvalue weighted by molar-refractivity contribution is -0.104. The van der Waals surface area contributed by atoms with Gasteiger partial charge in [0.15, 0.2) is 6.21 Å². The molecule has 0 aromatic heterocycles. The zero-order chi connectivity index (χ0) is 7.40. The Bertz CT molecular complexity index is 224. The molecule has 1 aromatic rings. The highest BCUT2D eigenvalue weighted by Gasteiger charge is 1.93. The Labute approximate surface area is 60.5 Å². The molecule has 0 saturated heterocycles. The van der Waals surface area contributed by atoms with Crippen molar-refractivity contribution in [3.05, 3.63) is 42.0 Å². The van der Waals surface area contributed by atoms with Gasteiger partial charge in [-0.2, -0.15) is 0 Å². The SMILES string of the molecule is C=Cc1ccccc1C=[NH2+]. The van der Waals surface area contributed by atoms with Gasteiger partial charge in [0, 0.05) is 5.56 Å². The summed E-state index contributed by atoms with van der Waals surface area (Å²) in [6.45, 7) is 3.66. The summed E-state index contributed by atoms with van der Waals surface area (Å²) in [5.41, 5.74) is 2.10. The van der Waals surface area contributed by atoms with Gasteiger partial charge in [-0.05, 0) is 11.6 Å². The number of nitrogens with two attached hydrogens (primary N) is 1. The molecule has 1 heteroatoms. The van der Waals surface area contributed by atoms with Gasteiger partial charge in [-0.3, -0.25) is 5.41 Å². The van der Waals surface area contributed by atoms with Crippen LogP contribution in [-0.2, 0) is 0 Å².